The van der Waals surface area contributed by atoms with Gasteiger partial charge in [0.05, 0.1) is 16.1 Å². The summed E-state index contributed by atoms with van der Waals surface area (Å²) in [6.45, 7) is 0. The average molecular weight is 309 g/mol. The molecule has 0 aromatic heterocycles. The molecule has 7 heteroatoms. The molecule has 4 N–H and O–H groups in total. The lowest BCUT2D eigenvalue weighted by atomic mass is 10.1. The topological polar surface area (TPSA) is 92.4 Å². The number of amides is 1. The maximum atomic E-state index is 13.6. The summed E-state index contributed by atoms with van der Waals surface area (Å²) in [6.07, 6.45) is 0. The number of carbonyl (C=O) groups is 2. The number of benzene rings is 2. The molecule has 0 saturated carbocycles. The minimum atomic E-state index is -1.23. The summed E-state index contributed by atoms with van der Waals surface area (Å²) in [6, 6.07) is 7.61. The first-order valence-electron chi connectivity index (χ1n) is 5.77. The van der Waals surface area contributed by atoms with Gasteiger partial charge in [-0.2, -0.15) is 0 Å². The quantitative estimate of drug-likeness (QED) is 0.760. The van der Waals surface area contributed by atoms with Gasteiger partial charge in [0.2, 0.25) is 0 Å². The average Bonchev–Trinajstić information content (AvgIpc) is 2.40. The molecule has 0 saturated heterocycles. The second-order valence-corrected chi connectivity index (χ2v) is 4.60. The van der Waals surface area contributed by atoms with Crippen molar-refractivity contribution in [2.24, 2.45) is 0 Å². The summed E-state index contributed by atoms with van der Waals surface area (Å²) in [5.74, 6) is -2.71. The maximum Gasteiger partial charge on any atom is 0.337 e. The summed E-state index contributed by atoms with van der Waals surface area (Å²) in [4.78, 5) is 22.9. The number of nitrogens with two attached hydrogens (primary N) is 1. The van der Waals surface area contributed by atoms with Gasteiger partial charge in [-0.25, -0.2) is 9.18 Å². The van der Waals surface area contributed by atoms with Crippen LogP contribution in [0.25, 0.3) is 0 Å². The summed E-state index contributed by atoms with van der Waals surface area (Å²) < 4.78 is 13.6. The molecule has 108 valence electrons. The van der Waals surface area contributed by atoms with Crippen LogP contribution >= 0.6 is 11.6 Å². The monoisotopic (exact) mass is 308 g/mol. The van der Waals surface area contributed by atoms with Crippen molar-refractivity contribution >= 4 is 34.9 Å². The van der Waals surface area contributed by atoms with Crippen LogP contribution in [0.2, 0.25) is 5.02 Å². The van der Waals surface area contributed by atoms with Crippen LogP contribution in [-0.4, -0.2) is 17.0 Å². The normalized spacial score (nSPS) is 10.2. The summed E-state index contributed by atoms with van der Waals surface area (Å²) >= 11 is 5.72. The predicted octanol–water partition coefficient (Wildman–Crippen LogP) is 3.01. The number of carboxylic acid groups (broad SMARTS) is 1. The molecule has 0 unspecified atom stereocenters. The van der Waals surface area contributed by atoms with Crippen LogP contribution in [0, 0.1) is 5.82 Å². The molecular weight excluding hydrogens is 299 g/mol. The second-order valence-electron chi connectivity index (χ2n) is 4.19. The van der Waals surface area contributed by atoms with E-state index in [1.165, 1.54) is 30.3 Å². The summed E-state index contributed by atoms with van der Waals surface area (Å²) in [5.41, 5.74) is 5.43. The Bertz CT molecular complexity index is 734. The second kappa shape index (κ2) is 5.80. The van der Waals surface area contributed by atoms with E-state index in [0.29, 0.717) is 0 Å². The maximum absolute atomic E-state index is 13.6. The first-order valence-corrected chi connectivity index (χ1v) is 6.15. The van der Waals surface area contributed by atoms with Crippen molar-refractivity contribution in [3.8, 4) is 0 Å². The highest BCUT2D eigenvalue weighted by atomic mass is 35.5. The van der Waals surface area contributed by atoms with Crippen molar-refractivity contribution in [3.05, 3.63) is 58.4 Å². The van der Waals surface area contributed by atoms with Gasteiger partial charge in [0.15, 0.2) is 0 Å². The molecule has 0 spiro atoms. The molecule has 0 heterocycles. The Hall–Kier alpha value is -2.60. The van der Waals surface area contributed by atoms with Gasteiger partial charge in [0, 0.05) is 11.4 Å². The number of nitrogen functional groups attached to an aromatic ring is 1. The molecule has 0 atom stereocenters. The number of hydrogen-bond acceptors (Lipinski definition) is 3. The van der Waals surface area contributed by atoms with E-state index in [2.05, 4.69) is 5.32 Å². The fraction of sp³-hybridized carbons (Fsp3) is 0. The summed E-state index contributed by atoms with van der Waals surface area (Å²) in [7, 11) is 0. The largest absolute Gasteiger partial charge is 0.478 e. The predicted molar refractivity (Wildman–Crippen MR) is 77.2 cm³/mol. The van der Waals surface area contributed by atoms with E-state index in [1.807, 2.05) is 0 Å². The molecule has 0 aliphatic carbocycles. The van der Waals surface area contributed by atoms with Crippen LogP contribution in [0.1, 0.15) is 20.7 Å². The van der Waals surface area contributed by atoms with E-state index in [9.17, 15) is 14.0 Å². The van der Waals surface area contributed by atoms with Crippen molar-refractivity contribution < 1.29 is 19.1 Å². The molecule has 2 aromatic carbocycles. The Kier molecular flexibility index (Phi) is 4.09. The first-order chi connectivity index (χ1) is 9.88. The molecule has 2 rings (SSSR count). The molecule has 0 fully saturated rings. The first kappa shape index (κ1) is 14.8. The third kappa shape index (κ3) is 3.29. The number of anilines is 2. The van der Waals surface area contributed by atoms with Gasteiger partial charge >= 0.3 is 5.97 Å². The van der Waals surface area contributed by atoms with Crippen molar-refractivity contribution in [2.75, 3.05) is 11.1 Å². The van der Waals surface area contributed by atoms with Crippen molar-refractivity contribution in [1.29, 1.82) is 0 Å². The van der Waals surface area contributed by atoms with Crippen LogP contribution in [0.4, 0.5) is 15.8 Å². The van der Waals surface area contributed by atoms with Crippen LogP contribution < -0.4 is 11.1 Å². The number of carboxylic acids is 1. The molecule has 0 aliphatic rings. The Morgan fingerprint density at radius 3 is 2.48 bits per heavy atom. The Morgan fingerprint density at radius 2 is 1.86 bits per heavy atom. The fourth-order valence-corrected chi connectivity index (χ4v) is 1.88. The molecule has 0 radical (unpaired) electrons. The van der Waals surface area contributed by atoms with E-state index in [-0.39, 0.29) is 27.5 Å². The highest BCUT2D eigenvalue weighted by molar-refractivity contribution is 6.33. The standard InChI is InChI=1S/C14H10ClFN2O3/c15-11-4-2-8(6-10(11)14(20)21)18-13(19)9-3-1-7(17)5-12(9)16/h1-6H,17H2,(H,18,19)(H,20,21). The van der Waals surface area contributed by atoms with E-state index in [4.69, 9.17) is 22.4 Å². The number of hydrogen-bond donors (Lipinski definition) is 3. The van der Waals surface area contributed by atoms with Gasteiger partial charge in [0.1, 0.15) is 5.82 Å². The molecule has 0 aliphatic heterocycles. The number of aromatic carboxylic acids is 1. The smallest absolute Gasteiger partial charge is 0.337 e. The van der Waals surface area contributed by atoms with E-state index < -0.39 is 17.7 Å². The molecule has 2 aromatic rings. The molecule has 5 nitrogen and oxygen atoms in total. The van der Waals surface area contributed by atoms with Crippen LogP contribution in [0.3, 0.4) is 0 Å². The minimum Gasteiger partial charge on any atom is -0.478 e. The van der Waals surface area contributed by atoms with Gasteiger partial charge in [-0.1, -0.05) is 11.6 Å². The lowest BCUT2D eigenvalue weighted by Crippen LogP contribution is -2.14. The number of rotatable bonds is 3. The molecular formula is C14H10ClFN2O3. The molecule has 0 bridgehead atoms. The highest BCUT2D eigenvalue weighted by Gasteiger charge is 2.14. The van der Waals surface area contributed by atoms with Crippen molar-refractivity contribution in [1.82, 2.24) is 0 Å². The van der Waals surface area contributed by atoms with Crippen molar-refractivity contribution in [2.45, 2.75) is 0 Å². The van der Waals surface area contributed by atoms with Crippen LogP contribution in [0.15, 0.2) is 36.4 Å². The Morgan fingerprint density at radius 1 is 1.14 bits per heavy atom. The van der Waals surface area contributed by atoms with E-state index >= 15 is 0 Å². The SMILES string of the molecule is Nc1ccc(C(=O)Nc2ccc(Cl)c(C(=O)O)c2)c(F)c1. The Balaban J connectivity index is 2.27. The van der Waals surface area contributed by atoms with Gasteiger partial charge in [-0.3, -0.25) is 4.79 Å². The van der Waals surface area contributed by atoms with Crippen molar-refractivity contribution in [3.63, 3.8) is 0 Å². The van der Waals surface area contributed by atoms with Gasteiger partial charge in [-0.15, -0.1) is 0 Å². The lowest BCUT2D eigenvalue weighted by Gasteiger charge is -2.08. The van der Waals surface area contributed by atoms with Crippen LogP contribution in [-0.2, 0) is 0 Å². The number of carbonyl (C=O) groups excluding carboxylic acids is 1. The zero-order valence-electron chi connectivity index (χ0n) is 10.6. The Labute approximate surface area is 124 Å². The van der Waals surface area contributed by atoms with Gasteiger partial charge < -0.3 is 16.2 Å². The van der Waals surface area contributed by atoms with Gasteiger partial charge in [-0.05, 0) is 36.4 Å². The number of nitrogens with one attached hydrogen (secondary N) is 1. The third-order valence-electron chi connectivity index (χ3n) is 2.69. The zero-order valence-corrected chi connectivity index (χ0v) is 11.3. The van der Waals surface area contributed by atoms with Gasteiger partial charge in [0.25, 0.3) is 5.91 Å². The lowest BCUT2D eigenvalue weighted by molar-refractivity contribution is 0.0696. The third-order valence-corrected chi connectivity index (χ3v) is 3.02. The molecule has 1 amide bonds. The highest BCUT2D eigenvalue weighted by Crippen LogP contribution is 2.21. The molecule has 21 heavy (non-hydrogen) atoms. The van der Waals surface area contributed by atoms with E-state index in [0.717, 1.165) is 6.07 Å². The van der Waals surface area contributed by atoms with Crippen LogP contribution in [0.5, 0.6) is 0 Å². The fourth-order valence-electron chi connectivity index (χ4n) is 1.68. The minimum absolute atomic E-state index is 0.0409. The number of halogens is 2. The van der Waals surface area contributed by atoms with E-state index in [1.54, 1.807) is 0 Å². The zero-order chi connectivity index (χ0) is 15.6. The summed E-state index contributed by atoms with van der Waals surface area (Å²) in [5, 5.41) is 11.4.